The Labute approximate surface area is 130 Å². The molecule has 22 heavy (non-hydrogen) atoms. The van der Waals surface area contributed by atoms with Gasteiger partial charge in [0, 0.05) is 11.6 Å². The molecule has 2 rings (SSSR count). The van der Waals surface area contributed by atoms with Crippen LogP contribution in [0.4, 0.5) is 0 Å². The molecule has 1 heterocycles. The zero-order chi connectivity index (χ0) is 16.3. The van der Waals surface area contributed by atoms with Crippen LogP contribution in [0.15, 0.2) is 24.3 Å². The number of nitrogens with one attached hydrogen (secondary N) is 1. The Morgan fingerprint density at radius 1 is 1.41 bits per heavy atom. The summed E-state index contributed by atoms with van der Waals surface area (Å²) in [5.74, 6) is 0.518. The van der Waals surface area contributed by atoms with Gasteiger partial charge in [0.15, 0.2) is 5.69 Å². The highest BCUT2D eigenvalue weighted by atomic mass is 16.5. The lowest BCUT2D eigenvalue weighted by Crippen LogP contribution is -2.43. The summed E-state index contributed by atoms with van der Waals surface area (Å²) in [5, 5.41) is 11.1. The predicted octanol–water partition coefficient (Wildman–Crippen LogP) is 2.50. The molecule has 0 aliphatic heterocycles. The fourth-order valence-corrected chi connectivity index (χ4v) is 1.98. The molecule has 0 radical (unpaired) electrons. The molecule has 2 aromatic rings. The molecule has 0 aliphatic rings. The van der Waals surface area contributed by atoms with Gasteiger partial charge in [0.1, 0.15) is 5.75 Å². The highest BCUT2D eigenvalue weighted by Crippen LogP contribution is 2.18. The van der Waals surface area contributed by atoms with Gasteiger partial charge in [-0.05, 0) is 39.3 Å². The Kier molecular flexibility index (Phi) is 4.49. The summed E-state index contributed by atoms with van der Waals surface area (Å²) in [4.78, 5) is 12.4. The Bertz CT molecular complexity index is 677. The molecule has 0 aliphatic carbocycles. The fourth-order valence-electron chi connectivity index (χ4n) is 1.98. The van der Waals surface area contributed by atoms with Crippen molar-refractivity contribution in [3.05, 3.63) is 35.7 Å². The second-order valence-corrected chi connectivity index (χ2v) is 5.83. The first-order valence-electron chi connectivity index (χ1n) is 7.27. The van der Waals surface area contributed by atoms with E-state index in [1.807, 2.05) is 52.0 Å². The number of ether oxygens (including phenoxy) is 1. The maximum atomic E-state index is 12.4. The van der Waals surface area contributed by atoms with Gasteiger partial charge < -0.3 is 10.1 Å². The molecule has 1 amide bonds. The zero-order valence-corrected chi connectivity index (χ0v) is 13.7. The molecule has 1 aromatic carbocycles. The van der Waals surface area contributed by atoms with Crippen LogP contribution in [0.3, 0.4) is 0 Å². The number of carbonyl (C=O) groups excluding carboxylic acids is 1. The van der Waals surface area contributed by atoms with Crippen LogP contribution < -0.4 is 10.1 Å². The maximum Gasteiger partial charge on any atom is 0.274 e. The van der Waals surface area contributed by atoms with Gasteiger partial charge >= 0.3 is 0 Å². The van der Waals surface area contributed by atoms with Crippen molar-refractivity contribution in [1.82, 2.24) is 20.3 Å². The number of amides is 1. The van der Waals surface area contributed by atoms with E-state index in [1.165, 1.54) is 0 Å². The minimum absolute atomic E-state index is 0.210. The summed E-state index contributed by atoms with van der Waals surface area (Å²) in [6.07, 6.45) is 0.835. The lowest BCUT2D eigenvalue weighted by Gasteiger charge is -2.23. The molecule has 0 saturated heterocycles. The van der Waals surface area contributed by atoms with Gasteiger partial charge in [-0.2, -0.15) is 0 Å². The van der Waals surface area contributed by atoms with E-state index >= 15 is 0 Å². The predicted molar refractivity (Wildman–Crippen MR) is 84.5 cm³/mol. The Morgan fingerprint density at radius 3 is 2.77 bits per heavy atom. The molecule has 6 heteroatoms. The van der Waals surface area contributed by atoms with Crippen molar-refractivity contribution in [3.63, 3.8) is 0 Å². The van der Waals surface area contributed by atoms with Crippen molar-refractivity contribution < 1.29 is 9.53 Å². The normalized spacial score (nSPS) is 11.3. The van der Waals surface area contributed by atoms with E-state index in [4.69, 9.17) is 4.74 Å². The van der Waals surface area contributed by atoms with E-state index in [9.17, 15) is 4.79 Å². The van der Waals surface area contributed by atoms with Gasteiger partial charge in [-0.3, -0.25) is 4.79 Å². The zero-order valence-electron chi connectivity index (χ0n) is 13.7. The van der Waals surface area contributed by atoms with Crippen LogP contribution in [0.2, 0.25) is 0 Å². The van der Waals surface area contributed by atoms with Crippen LogP contribution in [-0.4, -0.2) is 33.5 Å². The largest absolute Gasteiger partial charge is 0.497 e. The average Bonchev–Trinajstić information content (AvgIpc) is 2.88. The lowest BCUT2D eigenvalue weighted by molar-refractivity contribution is 0.0905. The monoisotopic (exact) mass is 302 g/mol. The van der Waals surface area contributed by atoms with Crippen molar-refractivity contribution in [2.24, 2.45) is 0 Å². The van der Waals surface area contributed by atoms with E-state index in [1.54, 1.807) is 11.8 Å². The molecule has 1 aromatic heterocycles. The van der Waals surface area contributed by atoms with Crippen LogP contribution in [0.25, 0.3) is 5.69 Å². The average molecular weight is 302 g/mol. The number of nitrogens with zero attached hydrogens (tertiary/aromatic N) is 3. The highest BCUT2D eigenvalue weighted by Gasteiger charge is 2.23. The topological polar surface area (TPSA) is 69.0 Å². The van der Waals surface area contributed by atoms with Crippen molar-refractivity contribution >= 4 is 5.91 Å². The van der Waals surface area contributed by atoms with E-state index in [2.05, 4.69) is 15.6 Å². The smallest absolute Gasteiger partial charge is 0.274 e. The quantitative estimate of drug-likeness (QED) is 0.921. The van der Waals surface area contributed by atoms with Crippen molar-refractivity contribution in [1.29, 1.82) is 0 Å². The summed E-state index contributed by atoms with van der Waals surface area (Å²) in [6, 6.07) is 7.46. The first-order chi connectivity index (χ1) is 10.4. The second-order valence-electron chi connectivity index (χ2n) is 5.83. The molecule has 0 unspecified atom stereocenters. The maximum absolute atomic E-state index is 12.4. The van der Waals surface area contributed by atoms with E-state index in [0.717, 1.165) is 17.9 Å². The summed E-state index contributed by atoms with van der Waals surface area (Å²) < 4.78 is 6.85. The van der Waals surface area contributed by atoms with E-state index < -0.39 is 0 Å². The van der Waals surface area contributed by atoms with Crippen LogP contribution in [-0.2, 0) is 0 Å². The van der Waals surface area contributed by atoms with Gasteiger partial charge in [0.05, 0.1) is 18.5 Å². The number of hydrogen-bond acceptors (Lipinski definition) is 4. The van der Waals surface area contributed by atoms with Crippen molar-refractivity contribution in [2.45, 2.75) is 39.7 Å². The molecule has 0 saturated carbocycles. The summed E-state index contributed by atoms with van der Waals surface area (Å²) in [7, 11) is 1.61. The summed E-state index contributed by atoms with van der Waals surface area (Å²) >= 11 is 0. The molecule has 0 spiro atoms. The summed E-state index contributed by atoms with van der Waals surface area (Å²) in [6.45, 7) is 7.81. The molecular formula is C16H22N4O2. The number of hydrogen-bond donors (Lipinski definition) is 1. The van der Waals surface area contributed by atoms with Crippen LogP contribution >= 0.6 is 0 Å². The SMILES string of the molecule is CCC(C)(C)NC(=O)c1nnn(-c2cccc(OC)c2)c1C. The van der Waals surface area contributed by atoms with Gasteiger partial charge in [-0.1, -0.05) is 18.2 Å². The fraction of sp³-hybridized carbons (Fsp3) is 0.438. The lowest BCUT2D eigenvalue weighted by atomic mass is 10.0. The number of rotatable bonds is 5. The third kappa shape index (κ3) is 3.27. The van der Waals surface area contributed by atoms with E-state index in [-0.39, 0.29) is 11.4 Å². The van der Waals surface area contributed by atoms with E-state index in [0.29, 0.717) is 11.4 Å². The van der Waals surface area contributed by atoms with Gasteiger partial charge in [0.25, 0.3) is 5.91 Å². The standard InChI is InChI=1S/C16H22N4O2/c1-6-16(3,4)17-15(21)14-11(2)20(19-18-14)12-8-7-9-13(10-12)22-5/h7-10H,6H2,1-5H3,(H,17,21). The molecule has 0 bridgehead atoms. The first kappa shape index (κ1) is 16.0. The van der Waals surface area contributed by atoms with Crippen LogP contribution in [0, 0.1) is 6.92 Å². The second kappa shape index (κ2) is 6.17. The van der Waals surface area contributed by atoms with Gasteiger partial charge in [0.2, 0.25) is 0 Å². The minimum atomic E-state index is -0.275. The Morgan fingerprint density at radius 2 is 2.14 bits per heavy atom. The first-order valence-corrected chi connectivity index (χ1v) is 7.27. The molecule has 0 fully saturated rings. The third-order valence-electron chi connectivity index (χ3n) is 3.74. The third-order valence-corrected chi connectivity index (χ3v) is 3.74. The number of carbonyl (C=O) groups is 1. The number of methoxy groups -OCH3 is 1. The molecular weight excluding hydrogens is 280 g/mol. The van der Waals surface area contributed by atoms with Gasteiger partial charge in [-0.25, -0.2) is 4.68 Å². The minimum Gasteiger partial charge on any atom is -0.497 e. The van der Waals surface area contributed by atoms with Crippen molar-refractivity contribution in [3.8, 4) is 11.4 Å². The number of benzene rings is 1. The van der Waals surface area contributed by atoms with Gasteiger partial charge in [-0.15, -0.1) is 5.10 Å². The molecule has 0 atom stereocenters. The molecule has 6 nitrogen and oxygen atoms in total. The summed E-state index contributed by atoms with van der Waals surface area (Å²) in [5.41, 5.74) is 1.56. The number of aromatic nitrogens is 3. The molecule has 1 N–H and O–H groups in total. The Hall–Kier alpha value is -2.37. The highest BCUT2D eigenvalue weighted by molar-refractivity contribution is 5.93. The van der Waals surface area contributed by atoms with Crippen molar-refractivity contribution in [2.75, 3.05) is 7.11 Å². The molecule has 118 valence electrons. The van der Waals surface area contributed by atoms with Crippen LogP contribution in [0.1, 0.15) is 43.4 Å². The van der Waals surface area contributed by atoms with Crippen LogP contribution in [0.5, 0.6) is 5.75 Å². The Balaban J connectivity index is 2.31.